The molecule has 2 aromatic heterocycles. The maximum absolute atomic E-state index is 16.5. The van der Waals surface area contributed by atoms with Crippen molar-refractivity contribution in [3.05, 3.63) is 41.3 Å². The molecule has 3 aliphatic heterocycles. The number of rotatable bonds is 6. The van der Waals surface area contributed by atoms with Crippen molar-refractivity contribution >= 4 is 16.7 Å². The van der Waals surface area contributed by atoms with Crippen LogP contribution in [0.3, 0.4) is 0 Å². The van der Waals surface area contributed by atoms with Crippen molar-refractivity contribution in [1.82, 2.24) is 19.9 Å². The molecule has 2 atom stereocenters. The van der Waals surface area contributed by atoms with Crippen LogP contribution in [0.15, 0.2) is 24.4 Å². The van der Waals surface area contributed by atoms with Crippen LogP contribution in [0.25, 0.3) is 22.2 Å². The van der Waals surface area contributed by atoms with E-state index in [9.17, 15) is 0 Å². The Balaban J connectivity index is 1.33. The Labute approximate surface area is 231 Å². The number of halogens is 1. The van der Waals surface area contributed by atoms with Gasteiger partial charge in [-0.2, -0.15) is 9.97 Å². The lowest BCUT2D eigenvalue weighted by atomic mass is 9.90. The van der Waals surface area contributed by atoms with Crippen LogP contribution in [-0.4, -0.2) is 58.2 Å². The first kappa shape index (κ1) is 25.2. The third-order valence-electron chi connectivity index (χ3n) is 9.99. The number of aromatic nitrogens is 3. The second-order valence-corrected chi connectivity index (χ2v) is 12.9. The van der Waals surface area contributed by atoms with Crippen LogP contribution < -0.4 is 9.64 Å². The fourth-order valence-corrected chi connectivity index (χ4v) is 8.21. The Morgan fingerprint density at radius 3 is 2.54 bits per heavy atom. The van der Waals surface area contributed by atoms with E-state index in [2.05, 4.69) is 36.6 Å². The van der Waals surface area contributed by atoms with Gasteiger partial charge in [-0.3, -0.25) is 9.88 Å². The summed E-state index contributed by atoms with van der Waals surface area (Å²) in [4.78, 5) is 19.4. The van der Waals surface area contributed by atoms with Crippen LogP contribution in [0.1, 0.15) is 75.8 Å². The monoisotopic (exact) mass is 529 g/mol. The lowest BCUT2D eigenvalue weighted by molar-refractivity contribution is 0.108. The highest BCUT2D eigenvalue weighted by molar-refractivity contribution is 5.92. The summed E-state index contributed by atoms with van der Waals surface area (Å²) in [5, 5.41) is 0.685. The van der Waals surface area contributed by atoms with E-state index in [0.29, 0.717) is 41.1 Å². The van der Waals surface area contributed by atoms with E-state index < -0.39 is 0 Å². The minimum atomic E-state index is -0.380. The summed E-state index contributed by atoms with van der Waals surface area (Å²) in [6.45, 7) is 11.1. The molecular formula is C32H40FN5O. The average Bonchev–Trinajstić information content (AvgIpc) is 3.60. The summed E-state index contributed by atoms with van der Waals surface area (Å²) >= 11 is 0. The number of nitrogens with zero attached hydrogens (tertiary/aromatic N) is 5. The van der Waals surface area contributed by atoms with Gasteiger partial charge in [-0.1, -0.05) is 32.0 Å². The third-order valence-corrected chi connectivity index (χ3v) is 9.99. The number of hydrogen-bond donors (Lipinski definition) is 0. The summed E-state index contributed by atoms with van der Waals surface area (Å²) in [5.41, 5.74) is 3.88. The van der Waals surface area contributed by atoms with Crippen LogP contribution in [0, 0.1) is 24.6 Å². The van der Waals surface area contributed by atoms with E-state index in [1.807, 2.05) is 12.1 Å². The second kappa shape index (κ2) is 9.69. The number of anilines is 1. The van der Waals surface area contributed by atoms with Gasteiger partial charge in [-0.15, -0.1) is 0 Å². The normalized spacial score (nSPS) is 24.2. The molecule has 206 valence electrons. The van der Waals surface area contributed by atoms with Crippen LogP contribution >= 0.6 is 0 Å². The van der Waals surface area contributed by atoms with Crippen LogP contribution in [-0.2, 0) is 0 Å². The highest BCUT2D eigenvalue weighted by Crippen LogP contribution is 2.42. The smallest absolute Gasteiger partial charge is 0.319 e. The van der Waals surface area contributed by atoms with Gasteiger partial charge in [0.1, 0.15) is 23.6 Å². The van der Waals surface area contributed by atoms with Gasteiger partial charge in [0.15, 0.2) is 5.82 Å². The molecular weight excluding hydrogens is 489 g/mol. The predicted octanol–water partition coefficient (Wildman–Crippen LogP) is 6.51. The zero-order valence-corrected chi connectivity index (χ0v) is 23.5. The molecule has 1 saturated carbocycles. The Morgan fingerprint density at radius 2 is 1.82 bits per heavy atom. The first-order valence-electron chi connectivity index (χ1n) is 15.0. The van der Waals surface area contributed by atoms with Crippen molar-refractivity contribution in [2.75, 3.05) is 37.7 Å². The van der Waals surface area contributed by atoms with E-state index in [1.165, 1.54) is 32.1 Å². The molecule has 4 aliphatic rings. The predicted molar refractivity (Wildman–Crippen MR) is 153 cm³/mol. The lowest BCUT2D eigenvalue weighted by Gasteiger charge is -2.34. The molecule has 3 saturated heterocycles. The minimum absolute atomic E-state index is 0.0817. The Bertz CT molecular complexity index is 1390. The Hall–Kier alpha value is -2.80. The van der Waals surface area contributed by atoms with E-state index in [0.717, 1.165) is 61.5 Å². The molecule has 0 amide bonds. The molecule has 0 radical (unpaired) electrons. The topological polar surface area (TPSA) is 54.4 Å². The van der Waals surface area contributed by atoms with Gasteiger partial charge in [0, 0.05) is 24.8 Å². The molecule has 2 unspecified atom stereocenters. The summed E-state index contributed by atoms with van der Waals surface area (Å²) < 4.78 is 23.0. The van der Waals surface area contributed by atoms with Crippen molar-refractivity contribution in [3.8, 4) is 17.3 Å². The van der Waals surface area contributed by atoms with E-state index in [-0.39, 0.29) is 17.3 Å². The zero-order chi connectivity index (χ0) is 26.7. The molecule has 0 N–H and O–H groups in total. The van der Waals surface area contributed by atoms with Crippen LogP contribution in [0.4, 0.5) is 10.2 Å². The Kier molecular flexibility index (Phi) is 6.25. The van der Waals surface area contributed by atoms with E-state index in [1.54, 1.807) is 6.20 Å². The summed E-state index contributed by atoms with van der Waals surface area (Å²) in [7, 11) is 0. The van der Waals surface area contributed by atoms with Crippen molar-refractivity contribution in [1.29, 1.82) is 0 Å². The molecule has 4 fully saturated rings. The fraction of sp³-hybridized carbons (Fsp3) is 0.594. The van der Waals surface area contributed by atoms with Gasteiger partial charge in [-0.25, -0.2) is 4.39 Å². The lowest BCUT2D eigenvalue weighted by Crippen LogP contribution is -2.43. The van der Waals surface area contributed by atoms with Crippen molar-refractivity contribution in [3.63, 3.8) is 0 Å². The standard InChI is InChI=1S/C32H40FN5O/c1-20(2)26-21(3)7-4-8-24(26)28-27(33)29-25(16-34-28)30(37-17-22-9-10-23(15-22)18-37)36-31(35-29)39-19-32-11-5-13-38(32)14-6-12-32/h4,7-8,16,20,22-23H,5-6,9-15,17-19H2,1-3H3. The first-order chi connectivity index (χ1) is 18.9. The molecule has 39 heavy (non-hydrogen) atoms. The average molecular weight is 530 g/mol. The molecule has 1 aromatic carbocycles. The molecule has 6 nitrogen and oxygen atoms in total. The highest BCUT2D eigenvalue weighted by atomic mass is 19.1. The van der Waals surface area contributed by atoms with Gasteiger partial charge in [-0.05, 0) is 93.8 Å². The first-order valence-corrected chi connectivity index (χ1v) is 15.0. The second-order valence-electron chi connectivity index (χ2n) is 12.9. The number of pyridine rings is 1. The minimum Gasteiger partial charge on any atom is -0.461 e. The van der Waals surface area contributed by atoms with Crippen LogP contribution in [0.5, 0.6) is 6.01 Å². The molecule has 7 heteroatoms. The highest BCUT2D eigenvalue weighted by Gasteiger charge is 2.45. The summed E-state index contributed by atoms with van der Waals surface area (Å²) in [6, 6.07) is 6.35. The van der Waals surface area contributed by atoms with Gasteiger partial charge in [0.05, 0.1) is 10.9 Å². The quantitative estimate of drug-likeness (QED) is 0.363. The molecule has 5 heterocycles. The zero-order valence-electron chi connectivity index (χ0n) is 23.5. The van der Waals surface area contributed by atoms with Crippen LogP contribution in [0.2, 0.25) is 0 Å². The molecule has 1 aliphatic carbocycles. The van der Waals surface area contributed by atoms with Gasteiger partial charge in [0.25, 0.3) is 0 Å². The van der Waals surface area contributed by atoms with E-state index >= 15 is 4.39 Å². The fourth-order valence-electron chi connectivity index (χ4n) is 8.21. The molecule has 7 rings (SSSR count). The van der Waals surface area contributed by atoms with Gasteiger partial charge in [0.2, 0.25) is 0 Å². The number of piperidine rings is 1. The SMILES string of the molecule is Cc1cccc(-c2ncc3c(N4CC5CCC(C5)C4)nc(OCC45CCCN4CCC5)nc3c2F)c1C(C)C. The van der Waals surface area contributed by atoms with Gasteiger partial charge >= 0.3 is 6.01 Å². The molecule has 3 aromatic rings. The largest absolute Gasteiger partial charge is 0.461 e. The number of hydrogen-bond acceptors (Lipinski definition) is 6. The van der Waals surface area contributed by atoms with Crippen molar-refractivity contribution < 1.29 is 9.13 Å². The summed E-state index contributed by atoms with van der Waals surface area (Å²) in [5.74, 6) is 2.02. The van der Waals surface area contributed by atoms with Crippen molar-refractivity contribution in [2.24, 2.45) is 11.8 Å². The van der Waals surface area contributed by atoms with Crippen molar-refractivity contribution in [2.45, 2.75) is 77.2 Å². The van der Waals surface area contributed by atoms with Gasteiger partial charge < -0.3 is 9.64 Å². The maximum Gasteiger partial charge on any atom is 0.319 e. The Morgan fingerprint density at radius 1 is 1.08 bits per heavy atom. The summed E-state index contributed by atoms with van der Waals surface area (Å²) in [6.07, 6.45) is 10.4. The molecule has 0 spiro atoms. The maximum atomic E-state index is 16.5. The molecule has 2 bridgehead atoms. The number of ether oxygens (including phenoxy) is 1. The third kappa shape index (κ3) is 4.28. The number of fused-ring (bicyclic) bond motifs is 4. The van der Waals surface area contributed by atoms with E-state index in [4.69, 9.17) is 19.7 Å². The number of benzene rings is 1. The number of aryl methyl sites for hydroxylation is 1.